The summed E-state index contributed by atoms with van der Waals surface area (Å²) in [5.74, 6) is 0. The second-order valence-corrected chi connectivity index (χ2v) is 14.3. The molecule has 2 nitrogen and oxygen atoms in total. The summed E-state index contributed by atoms with van der Waals surface area (Å²) in [7, 11) is 0. The number of rotatable bonds is 8. The fourth-order valence-electron chi connectivity index (χ4n) is 4.15. The van der Waals surface area contributed by atoms with Crippen molar-refractivity contribution in [1.82, 2.24) is 0 Å². The van der Waals surface area contributed by atoms with Crippen LogP contribution < -0.4 is 0 Å². The summed E-state index contributed by atoms with van der Waals surface area (Å²) in [4.78, 5) is 7.81. The van der Waals surface area contributed by atoms with Gasteiger partial charge in [-0.05, 0) is 76.2 Å². The molecule has 6 heteroatoms. The minimum absolute atomic E-state index is 0.417. The van der Waals surface area contributed by atoms with Gasteiger partial charge in [0.2, 0.25) is 0 Å². The Kier molecular flexibility index (Phi) is 9.73. The first-order valence-electron chi connectivity index (χ1n) is 13.4. The zero-order valence-corrected chi connectivity index (χ0v) is 27.0. The normalized spacial score (nSPS) is 10.7. The van der Waals surface area contributed by atoms with E-state index in [4.69, 9.17) is 0 Å². The van der Waals surface area contributed by atoms with Crippen molar-refractivity contribution in [2.75, 3.05) is 0 Å². The van der Waals surface area contributed by atoms with Gasteiger partial charge in [0.15, 0.2) is 0 Å². The maximum atomic E-state index is 10.6. The van der Waals surface area contributed by atoms with Crippen LogP contribution in [-0.2, 0) is 0 Å². The molecule has 5 rings (SSSR count). The summed E-state index contributed by atoms with van der Waals surface area (Å²) in [6.07, 6.45) is 0. The molecule has 5 aromatic carbocycles. The van der Waals surface area contributed by atoms with Gasteiger partial charge in [0.25, 0.3) is 0 Å². The van der Waals surface area contributed by atoms with Gasteiger partial charge in [-0.1, -0.05) is 118 Å². The van der Waals surface area contributed by atoms with Gasteiger partial charge in [-0.25, -0.2) is 0 Å². The van der Waals surface area contributed by atoms with Crippen LogP contribution in [0.25, 0.3) is 0 Å². The lowest BCUT2D eigenvalue weighted by molar-refractivity contribution is 0.998. The van der Waals surface area contributed by atoms with E-state index < -0.39 is 0 Å². The SMILES string of the molecule is Cc1ccc(Sc2c(C#N)c(C#N)c(Sc3ccc(C)cc3)c(Sc3ccc(C)cc3)c2Sc2ccc(C)cc2)cc1. The molecule has 0 N–H and O–H groups in total. The van der Waals surface area contributed by atoms with Crippen LogP contribution in [0.3, 0.4) is 0 Å². The molecule has 206 valence electrons. The van der Waals surface area contributed by atoms with Gasteiger partial charge in [0.05, 0.1) is 11.1 Å². The number of nitrogens with zero attached hydrogens (tertiary/aromatic N) is 2. The summed E-state index contributed by atoms with van der Waals surface area (Å²) < 4.78 is 0. The Hall–Kier alpha value is -3.52. The van der Waals surface area contributed by atoms with Gasteiger partial charge < -0.3 is 0 Å². The van der Waals surface area contributed by atoms with Crippen LogP contribution in [0.1, 0.15) is 33.4 Å². The van der Waals surface area contributed by atoms with Crippen LogP contribution in [0.4, 0.5) is 0 Å². The largest absolute Gasteiger partial charge is 0.192 e. The first-order valence-corrected chi connectivity index (χ1v) is 16.6. The fourth-order valence-corrected chi connectivity index (χ4v) is 8.73. The van der Waals surface area contributed by atoms with E-state index in [0.717, 1.165) is 39.2 Å². The Bertz CT molecular complexity index is 1660. The Morgan fingerprint density at radius 2 is 0.571 bits per heavy atom. The third-order valence-corrected chi connectivity index (χ3v) is 11.4. The molecular weight excluding hydrogens is 589 g/mol. The van der Waals surface area contributed by atoms with Crippen LogP contribution >= 0.6 is 47.0 Å². The highest BCUT2D eigenvalue weighted by Gasteiger charge is 2.27. The quantitative estimate of drug-likeness (QED) is 0.173. The molecule has 0 atom stereocenters. The Labute approximate surface area is 265 Å². The van der Waals surface area contributed by atoms with Crippen LogP contribution in [0.5, 0.6) is 0 Å². The molecule has 5 aromatic rings. The van der Waals surface area contributed by atoms with Crippen molar-refractivity contribution in [3.05, 3.63) is 130 Å². The van der Waals surface area contributed by atoms with Crippen molar-refractivity contribution in [2.24, 2.45) is 0 Å². The van der Waals surface area contributed by atoms with Crippen molar-refractivity contribution in [2.45, 2.75) is 66.9 Å². The topological polar surface area (TPSA) is 47.6 Å². The highest BCUT2D eigenvalue weighted by Crippen LogP contribution is 2.53. The number of nitriles is 2. The van der Waals surface area contributed by atoms with Gasteiger partial charge in [0, 0.05) is 39.2 Å². The molecule has 0 spiro atoms. The standard InChI is InChI=1S/C36H28N2S4/c1-23-5-13-27(14-6-23)39-33-31(21-37)32(22-38)34(40-28-15-7-24(2)8-16-28)36(42-30-19-11-26(4)12-20-30)35(33)41-29-17-9-25(3)10-18-29/h5-20H,1-4H3. The van der Waals surface area contributed by atoms with Crippen LogP contribution in [0.15, 0.2) is 136 Å². The zero-order valence-electron chi connectivity index (χ0n) is 23.8. The second-order valence-electron chi connectivity index (χ2n) is 9.95. The molecule has 0 bridgehead atoms. The van der Waals surface area contributed by atoms with Crippen LogP contribution in [0, 0.1) is 50.4 Å². The number of hydrogen-bond acceptors (Lipinski definition) is 6. The molecule has 0 saturated heterocycles. The van der Waals surface area contributed by atoms with Gasteiger partial charge in [-0.3, -0.25) is 0 Å². The van der Waals surface area contributed by atoms with Crippen molar-refractivity contribution in [3.8, 4) is 12.1 Å². The molecule has 0 amide bonds. The van der Waals surface area contributed by atoms with E-state index in [1.54, 1.807) is 47.0 Å². The average molecular weight is 617 g/mol. The maximum Gasteiger partial charge on any atom is 0.102 e. The van der Waals surface area contributed by atoms with Crippen molar-refractivity contribution in [3.63, 3.8) is 0 Å². The van der Waals surface area contributed by atoms with Crippen molar-refractivity contribution < 1.29 is 0 Å². The van der Waals surface area contributed by atoms with Crippen molar-refractivity contribution in [1.29, 1.82) is 10.5 Å². The molecule has 0 aromatic heterocycles. The molecule has 0 heterocycles. The van der Waals surface area contributed by atoms with Gasteiger partial charge >= 0.3 is 0 Å². The monoisotopic (exact) mass is 616 g/mol. The summed E-state index contributed by atoms with van der Waals surface area (Å²) in [5, 5.41) is 21.2. The molecule has 0 fully saturated rings. The molecule has 42 heavy (non-hydrogen) atoms. The Morgan fingerprint density at radius 1 is 0.357 bits per heavy atom. The first kappa shape index (κ1) is 30.0. The Balaban J connectivity index is 1.80. The molecule has 0 radical (unpaired) electrons. The minimum atomic E-state index is 0.417. The maximum absolute atomic E-state index is 10.6. The number of aryl methyl sites for hydroxylation is 4. The highest BCUT2D eigenvalue weighted by atomic mass is 32.2. The minimum Gasteiger partial charge on any atom is -0.192 e. The third-order valence-electron chi connectivity index (χ3n) is 6.51. The van der Waals surface area contributed by atoms with E-state index in [0.29, 0.717) is 11.1 Å². The van der Waals surface area contributed by atoms with Crippen LogP contribution in [0.2, 0.25) is 0 Å². The summed E-state index contributed by atoms with van der Waals surface area (Å²) >= 11 is 6.42. The first-order chi connectivity index (χ1) is 20.3. The second kappa shape index (κ2) is 13.6. The van der Waals surface area contributed by atoms with E-state index in [2.05, 4.69) is 137 Å². The molecular formula is C36H28N2S4. The van der Waals surface area contributed by atoms with E-state index >= 15 is 0 Å². The average Bonchev–Trinajstić information content (AvgIpc) is 2.99. The molecule has 0 saturated carbocycles. The lowest BCUT2D eigenvalue weighted by Crippen LogP contribution is -1.99. The smallest absolute Gasteiger partial charge is 0.102 e. The van der Waals surface area contributed by atoms with Gasteiger partial charge in [0.1, 0.15) is 12.1 Å². The van der Waals surface area contributed by atoms with Gasteiger partial charge in [-0.2, -0.15) is 10.5 Å². The summed E-state index contributed by atoms with van der Waals surface area (Å²) in [6, 6.07) is 38.4. The zero-order chi connectivity index (χ0) is 29.6. The number of hydrogen-bond donors (Lipinski definition) is 0. The highest BCUT2D eigenvalue weighted by molar-refractivity contribution is 8.05. The lowest BCUT2D eigenvalue weighted by atomic mass is 10.1. The molecule has 0 aliphatic heterocycles. The predicted molar refractivity (Wildman–Crippen MR) is 177 cm³/mol. The summed E-state index contributed by atoms with van der Waals surface area (Å²) in [6.45, 7) is 8.29. The van der Waals surface area contributed by atoms with Gasteiger partial charge in [-0.15, -0.1) is 0 Å². The molecule has 0 aliphatic rings. The van der Waals surface area contributed by atoms with E-state index in [9.17, 15) is 10.5 Å². The molecule has 0 aliphatic carbocycles. The lowest BCUT2D eigenvalue weighted by Gasteiger charge is -2.21. The van der Waals surface area contributed by atoms with Crippen molar-refractivity contribution >= 4 is 47.0 Å². The summed E-state index contributed by atoms with van der Waals surface area (Å²) in [5.41, 5.74) is 5.56. The van der Waals surface area contributed by atoms with E-state index in [1.165, 1.54) is 22.3 Å². The molecule has 0 unspecified atom stereocenters. The number of benzene rings is 5. The fraction of sp³-hybridized carbons (Fsp3) is 0.111. The van der Waals surface area contributed by atoms with E-state index in [1.807, 2.05) is 0 Å². The van der Waals surface area contributed by atoms with Crippen LogP contribution in [-0.4, -0.2) is 0 Å². The third kappa shape index (κ3) is 7.09. The Morgan fingerprint density at radius 3 is 0.786 bits per heavy atom. The van der Waals surface area contributed by atoms with E-state index in [-0.39, 0.29) is 0 Å². The predicted octanol–water partition coefficient (Wildman–Crippen LogP) is 11.3.